The normalized spacial score (nSPS) is 15.5. The molecule has 24 heavy (non-hydrogen) atoms. The molecule has 2 N–H and O–H groups in total. The zero-order chi connectivity index (χ0) is 17.1. The van der Waals surface area contributed by atoms with Crippen LogP contribution in [0.5, 0.6) is 0 Å². The average molecular weight is 349 g/mol. The summed E-state index contributed by atoms with van der Waals surface area (Å²) in [6.45, 7) is 3.83. The standard InChI is InChI=1S/C17H18ClFN4O/c18-15-9-13(19)2-1-12(15)11-22-5-7-23(8-6-22)16-3-4-21-10-14(16)17(20)24/h1-4,9-10H,5-8,11H2,(H2,20,24). The predicted octanol–water partition coefficient (Wildman–Crippen LogP) is 2.30. The minimum absolute atomic E-state index is 0.328. The van der Waals surface area contributed by atoms with Gasteiger partial charge in [-0.25, -0.2) is 4.39 Å². The number of piperazine rings is 1. The first-order valence-electron chi connectivity index (χ1n) is 7.69. The second-order valence-electron chi connectivity index (χ2n) is 5.76. The number of nitrogens with zero attached hydrogens (tertiary/aromatic N) is 3. The van der Waals surface area contributed by atoms with Crippen LogP contribution in [0, 0.1) is 5.82 Å². The van der Waals surface area contributed by atoms with Crippen LogP contribution >= 0.6 is 11.6 Å². The summed E-state index contributed by atoms with van der Waals surface area (Å²) in [5.41, 5.74) is 7.58. The van der Waals surface area contributed by atoms with Crippen LogP contribution < -0.4 is 10.6 Å². The van der Waals surface area contributed by atoms with Gasteiger partial charge in [-0.15, -0.1) is 0 Å². The number of benzene rings is 1. The summed E-state index contributed by atoms with van der Waals surface area (Å²) in [5, 5.41) is 0.447. The molecule has 1 amide bonds. The van der Waals surface area contributed by atoms with E-state index in [1.807, 2.05) is 6.07 Å². The molecule has 0 saturated carbocycles. The summed E-state index contributed by atoms with van der Waals surface area (Å²) in [7, 11) is 0. The van der Waals surface area contributed by atoms with Crippen molar-refractivity contribution in [3.05, 3.63) is 58.6 Å². The third-order valence-corrected chi connectivity index (χ3v) is 4.54. The maximum atomic E-state index is 13.1. The fourth-order valence-electron chi connectivity index (χ4n) is 2.89. The first-order chi connectivity index (χ1) is 11.5. The summed E-state index contributed by atoms with van der Waals surface area (Å²) in [4.78, 5) is 19.9. The number of amides is 1. The van der Waals surface area contributed by atoms with Crippen LogP contribution in [0.2, 0.25) is 5.02 Å². The molecule has 2 aromatic rings. The number of hydrogen-bond donors (Lipinski definition) is 1. The molecule has 0 bridgehead atoms. The van der Waals surface area contributed by atoms with Crippen molar-refractivity contribution in [2.75, 3.05) is 31.1 Å². The molecular formula is C17H18ClFN4O. The van der Waals surface area contributed by atoms with Gasteiger partial charge in [0, 0.05) is 50.1 Å². The smallest absolute Gasteiger partial charge is 0.252 e. The summed E-state index contributed by atoms with van der Waals surface area (Å²) in [6, 6.07) is 6.29. The Hall–Kier alpha value is -2.18. The van der Waals surface area contributed by atoms with Gasteiger partial charge in [0.25, 0.3) is 5.91 Å². The fraction of sp³-hybridized carbons (Fsp3) is 0.294. The average Bonchev–Trinajstić information content (AvgIpc) is 2.58. The van der Waals surface area contributed by atoms with Gasteiger partial charge in [0.05, 0.1) is 11.3 Å². The first kappa shape index (κ1) is 16.7. The van der Waals surface area contributed by atoms with Gasteiger partial charge in [-0.2, -0.15) is 0 Å². The molecule has 1 aliphatic rings. The van der Waals surface area contributed by atoms with Crippen molar-refractivity contribution in [3.63, 3.8) is 0 Å². The zero-order valence-corrected chi connectivity index (χ0v) is 13.8. The quantitative estimate of drug-likeness (QED) is 0.921. The van der Waals surface area contributed by atoms with Crippen molar-refractivity contribution in [2.24, 2.45) is 5.73 Å². The minimum atomic E-state index is -0.473. The number of carbonyl (C=O) groups excluding carboxylic acids is 1. The van der Waals surface area contributed by atoms with Gasteiger partial charge in [-0.3, -0.25) is 14.7 Å². The molecule has 2 heterocycles. The maximum Gasteiger partial charge on any atom is 0.252 e. The molecule has 0 radical (unpaired) electrons. The Morgan fingerprint density at radius 3 is 2.67 bits per heavy atom. The van der Waals surface area contributed by atoms with Crippen LogP contribution in [0.1, 0.15) is 15.9 Å². The number of carbonyl (C=O) groups is 1. The molecule has 126 valence electrons. The molecule has 7 heteroatoms. The van der Waals surface area contributed by atoms with Crippen molar-refractivity contribution in [1.82, 2.24) is 9.88 Å². The van der Waals surface area contributed by atoms with E-state index in [1.54, 1.807) is 12.3 Å². The van der Waals surface area contributed by atoms with Crippen LogP contribution in [-0.2, 0) is 6.54 Å². The predicted molar refractivity (Wildman–Crippen MR) is 91.7 cm³/mol. The molecule has 1 aliphatic heterocycles. The topological polar surface area (TPSA) is 62.5 Å². The second-order valence-corrected chi connectivity index (χ2v) is 6.16. The number of primary amides is 1. The molecule has 3 rings (SSSR count). The summed E-state index contributed by atoms with van der Waals surface area (Å²) in [6.07, 6.45) is 3.16. The third-order valence-electron chi connectivity index (χ3n) is 4.19. The van der Waals surface area contributed by atoms with Crippen molar-refractivity contribution < 1.29 is 9.18 Å². The molecule has 0 unspecified atom stereocenters. The van der Waals surface area contributed by atoms with Gasteiger partial charge >= 0.3 is 0 Å². The van der Waals surface area contributed by atoms with Crippen LogP contribution in [0.4, 0.5) is 10.1 Å². The highest BCUT2D eigenvalue weighted by atomic mass is 35.5. The van der Waals surface area contributed by atoms with Gasteiger partial charge in [0.1, 0.15) is 5.82 Å². The van der Waals surface area contributed by atoms with E-state index in [0.29, 0.717) is 17.1 Å². The summed E-state index contributed by atoms with van der Waals surface area (Å²) in [5.74, 6) is -0.802. The highest BCUT2D eigenvalue weighted by molar-refractivity contribution is 6.31. The monoisotopic (exact) mass is 348 g/mol. The Balaban J connectivity index is 1.65. The van der Waals surface area contributed by atoms with E-state index in [-0.39, 0.29) is 5.82 Å². The van der Waals surface area contributed by atoms with Crippen LogP contribution in [-0.4, -0.2) is 42.0 Å². The van der Waals surface area contributed by atoms with Gasteiger partial charge in [-0.05, 0) is 23.8 Å². The van der Waals surface area contributed by atoms with Crippen LogP contribution in [0.15, 0.2) is 36.7 Å². The SMILES string of the molecule is NC(=O)c1cnccc1N1CCN(Cc2ccc(F)cc2Cl)CC1. The number of halogens is 2. The molecule has 1 fully saturated rings. The highest BCUT2D eigenvalue weighted by Gasteiger charge is 2.21. The van der Waals surface area contributed by atoms with E-state index >= 15 is 0 Å². The molecular weight excluding hydrogens is 331 g/mol. The Bertz CT molecular complexity index is 747. The lowest BCUT2D eigenvalue weighted by molar-refractivity contribution is 0.1000. The van der Waals surface area contributed by atoms with Crippen molar-refractivity contribution in [3.8, 4) is 0 Å². The fourth-order valence-corrected chi connectivity index (χ4v) is 3.12. The lowest BCUT2D eigenvalue weighted by Gasteiger charge is -2.36. The number of rotatable bonds is 4. The number of hydrogen-bond acceptors (Lipinski definition) is 4. The molecule has 1 aromatic heterocycles. The van der Waals surface area contributed by atoms with E-state index in [9.17, 15) is 9.18 Å². The number of nitrogens with two attached hydrogens (primary N) is 1. The number of aromatic nitrogens is 1. The Labute approximate surface area is 144 Å². The molecule has 5 nitrogen and oxygen atoms in total. The van der Waals surface area contributed by atoms with Gasteiger partial charge in [0.2, 0.25) is 0 Å². The second kappa shape index (κ2) is 7.15. The van der Waals surface area contributed by atoms with E-state index in [0.717, 1.165) is 37.4 Å². The Kier molecular flexibility index (Phi) is 4.97. The molecule has 1 saturated heterocycles. The lowest BCUT2D eigenvalue weighted by Crippen LogP contribution is -2.46. The summed E-state index contributed by atoms with van der Waals surface area (Å²) < 4.78 is 13.1. The largest absolute Gasteiger partial charge is 0.368 e. The van der Waals surface area contributed by atoms with Gasteiger partial charge in [-0.1, -0.05) is 17.7 Å². The zero-order valence-electron chi connectivity index (χ0n) is 13.1. The van der Waals surface area contributed by atoms with Crippen LogP contribution in [0.3, 0.4) is 0 Å². The van der Waals surface area contributed by atoms with E-state index in [1.165, 1.54) is 18.3 Å². The molecule has 1 aromatic carbocycles. The minimum Gasteiger partial charge on any atom is -0.368 e. The summed E-state index contributed by atoms with van der Waals surface area (Å²) >= 11 is 6.09. The van der Waals surface area contributed by atoms with Crippen molar-refractivity contribution in [2.45, 2.75) is 6.54 Å². The van der Waals surface area contributed by atoms with E-state index in [2.05, 4.69) is 14.8 Å². The van der Waals surface area contributed by atoms with E-state index < -0.39 is 5.91 Å². The Morgan fingerprint density at radius 2 is 2.00 bits per heavy atom. The van der Waals surface area contributed by atoms with Crippen molar-refractivity contribution in [1.29, 1.82) is 0 Å². The van der Waals surface area contributed by atoms with Gasteiger partial charge in [0.15, 0.2) is 0 Å². The van der Waals surface area contributed by atoms with Gasteiger partial charge < -0.3 is 10.6 Å². The highest BCUT2D eigenvalue weighted by Crippen LogP contribution is 2.23. The maximum absolute atomic E-state index is 13.1. The lowest BCUT2D eigenvalue weighted by atomic mass is 10.1. The molecule has 0 atom stereocenters. The van der Waals surface area contributed by atoms with E-state index in [4.69, 9.17) is 17.3 Å². The molecule has 0 aliphatic carbocycles. The van der Waals surface area contributed by atoms with Crippen LogP contribution in [0.25, 0.3) is 0 Å². The number of pyridine rings is 1. The number of anilines is 1. The first-order valence-corrected chi connectivity index (χ1v) is 8.07. The third kappa shape index (κ3) is 3.66. The Morgan fingerprint density at radius 1 is 1.25 bits per heavy atom. The molecule has 0 spiro atoms. The van der Waals surface area contributed by atoms with Crippen molar-refractivity contribution >= 4 is 23.2 Å².